The van der Waals surface area contributed by atoms with Crippen molar-refractivity contribution < 1.29 is 9.66 Å². The maximum Gasteiger partial charge on any atom is 0.312 e. The molecule has 38 heavy (non-hydrogen) atoms. The Labute approximate surface area is 233 Å². The Morgan fingerprint density at radius 3 is 2.42 bits per heavy atom. The molecule has 0 bridgehead atoms. The van der Waals surface area contributed by atoms with E-state index in [1.165, 1.54) is 17.0 Å². The molecule has 4 aromatic carbocycles. The van der Waals surface area contributed by atoms with Crippen LogP contribution in [0.1, 0.15) is 11.1 Å². The number of fused-ring (bicyclic) bond motifs is 1. The van der Waals surface area contributed by atoms with Crippen LogP contribution in [0.2, 0.25) is 0 Å². The maximum atomic E-state index is 13.3. The highest BCUT2D eigenvalue weighted by atomic mass is 79.9. The first kappa shape index (κ1) is 25.5. The molecule has 1 aromatic heterocycles. The van der Waals surface area contributed by atoms with E-state index in [2.05, 4.69) is 41.9 Å². The van der Waals surface area contributed by atoms with Crippen molar-refractivity contribution in [3.8, 4) is 17.1 Å². The topological polar surface area (TPSA) is 99.6 Å². The van der Waals surface area contributed by atoms with Gasteiger partial charge >= 0.3 is 5.69 Å². The number of hydrogen-bond donors (Lipinski definition) is 0. The first-order chi connectivity index (χ1) is 18.4. The molecule has 1 heterocycles. The molecule has 5 rings (SSSR count). The number of rotatable bonds is 7. The summed E-state index contributed by atoms with van der Waals surface area (Å²) in [6.07, 6.45) is 1.39. The van der Waals surface area contributed by atoms with Crippen molar-refractivity contribution in [3.63, 3.8) is 0 Å². The highest BCUT2D eigenvalue weighted by Gasteiger charge is 2.20. The number of benzene rings is 4. The van der Waals surface area contributed by atoms with E-state index < -0.39 is 4.92 Å². The fraction of sp³-hybridized carbons (Fsp3) is 0.0357. The van der Waals surface area contributed by atoms with E-state index >= 15 is 0 Å². The Balaban J connectivity index is 1.54. The van der Waals surface area contributed by atoms with Crippen molar-refractivity contribution in [2.45, 2.75) is 6.61 Å². The van der Waals surface area contributed by atoms with Crippen LogP contribution >= 0.6 is 31.9 Å². The van der Waals surface area contributed by atoms with Crippen molar-refractivity contribution >= 4 is 54.7 Å². The number of ether oxygens (including phenoxy) is 1. The summed E-state index contributed by atoms with van der Waals surface area (Å²) in [5.74, 6) is 0.457. The standard InChI is InChI=1S/C28H18Br2N4O4/c29-21-12-10-18(11-13-21)17-38-26-23(30)14-19(15-25(26)34(36)37)16-31-33-27(20-6-2-1-3-7-20)32-24-9-5-4-8-22(24)28(33)35/h1-16H,17H2. The van der Waals surface area contributed by atoms with Gasteiger partial charge in [0.05, 0.1) is 26.5 Å². The summed E-state index contributed by atoms with van der Waals surface area (Å²) in [4.78, 5) is 29.4. The normalized spacial score (nSPS) is 11.2. The van der Waals surface area contributed by atoms with E-state index in [1.807, 2.05) is 60.7 Å². The van der Waals surface area contributed by atoms with Gasteiger partial charge in [0.2, 0.25) is 5.75 Å². The molecular formula is C28H18Br2N4O4. The van der Waals surface area contributed by atoms with Gasteiger partial charge in [0, 0.05) is 21.7 Å². The van der Waals surface area contributed by atoms with Crippen LogP contribution in [0.5, 0.6) is 5.75 Å². The third-order valence-electron chi connectivity index (χ3n) is 5.65. The molecule has 0 saturated carbocycles. The molecule has 0 unspecified atom stereocenters. The molecule has 0 N–H and O–H groups in total. The van der Waals surface area contributed by atoms with Crippen LogP contribution < -0.4 is 10.3 Å². The molecule has 0 aliphatic carbocycles. The van der Waals surface area contributed by atoms with Crippen LogP contribution in [-0.2, 0) is 6.61 Å². The second-order valence-corrected chi connectivity index (χ2v) is 9.97. The Morgan fingerprint density at radius 1 is 0.974 bits per heavy atom. The number of para-hydroxylation sites is 1. The number of aromatic nitrogens is 2. The van der Waals surface area contributed by atoms with Crippen molar-refractivity contribution in [2.75, 3.05) is 0 Å². The van der Waals surface area contributed by atoms with Crippen LogP contribution in [0, 0.1) is 10.1 Å². The Kier molecular flexibility index (Phi) is 7.43. The zero-order chi connectivity index (χ0) is 26.6. The lowest BCUT2D eigenvalue weighted by Crippen LogP contribution is -2.20. The smallest absolute Gasteiger partial charge is 0.312 e. The average Bonchev–Trinajstić information content (AvgIpc) is 2.93. The summed E-state index contributed by atoms with van der Waals surface area (Å²) < 4.78 is 8.32. The molecule has 0 atom stereocenters. The Morgan fingerprint density at radius 2 is 1.68 bits per heavy atom. The van der Waals surface area contributed by atoms with Crippen molar-refractivity contribution in [1.29, 1.82) is 0 Å². The second-order valence-electron chi connectivity index (χ2n) is 8.20. The molecule has 0 spiro atoms. The molecule has 0 amide bonds. The van der Waals surface area contributed by atoms with Gasteiger partial charge in [0.25, 0.3) is 5.56 Å². The van der Waals surface area contributed by atoms with Gasteiger partial charge in [-0.1, -0.05) is 70.5 Å². The van der Waals surface area contributed by atoms with E-state index in [9.17, 15) is 14.9 Å². The largest absolute Gasteiger partial charge is 0.481 e. The minimum atomic E-state index is -0.516. The third kappa shape index (κ3) is 5.41. The summed E-state index contributed by atoms with van der Waals surface area (Å²) in [6.45, 7) is 0.152. The van der Waals surface area contributed by atoms with Gasteiger partial charge in [0.15, 0.2) is 5.82 Å². The Bertz CT molecular complexity index is 1740. The van der Waals surface area contributed by atoms with Crippen LogP contribution in [0.3, 0.4) is 0 Å². The number of nitro groups is 1. The molecule has 10 heteroatoms. The van der Waals surface area contributed by atoms with E-state index in [0.717, 1.165) is 10.0 Å². The third-order valence-corrected chi connectivity index (χ3v) is 6.77. The first-order valence-electron chi connectivity index (χ1n) is 11.4. The van der Waals surface area contributed by atoms with E-state index in [1.54, 1.807) is 24.3 Å². The number of nitro benzene ring substituents is 1. The number of hydrogen-bond acceptors (Lipinski definition) is 6. The van der Waals surface area contributed by atoms with Crippen molar-refractivity contribution in [3.05, 3.63) is 132 Å². The highest BCUT2D eigenvalue weighted by molar-refractivity contribution is 9.10. The lowest BCUT2D eigenvalue weighted by atomic mass is 10.2. The summed E-state index contributed by atoms with van der Waals surface area (Å²) in [5.41, 5.74) is 1.93. The predicted octanol–water partition coefficient (Wildman–Crippen LogP) is 6.96. The molecule has 0 aliphatic rings. The molecular weight excluding hydrogens is 616 g/mol. The van der Waals surface area contributed by atoms with Gasteiger partial charge < -0.3 is 4.74 Å². The van der Waals surface area contributed by atoms with Gasteiger partial charge in [-0.3, -0.25) is 14.9 Å². The minimum absolute atomic E-state index is 0.101. The van der Waals surface area contributed by atoms with Crippen LogP contribution in [0.15, 0.2) is 110 Å². The van der Waals surface area contributed by atoms with Gasteiger partial charge in [-0.05, 0) is 51.8 Å². The maximum absolute atomic E-state index is 13.3. The monoisotopic (exact) mass is 632 g/mol. The fourth-order valence-electron chi connectivity index (χ4n) is 3.82. The average molecular weight is 634 g/mol. The minimum Gasteiger partial charge on any atom is -0.481 e. The lowest BCUT2D eigenvalue weighted by molar-refractivity contribution is -0.386. The quantitative estimate of drug-likeness (QED) is 0.110. The number of nitrogens with zero attached hydrogens (tertiary/aromatic N) is 4. The molecule has 0 saturated heterocycles. The molecule has 188 valence electrons. The zero-order valence-corrected chi connectivity index (χ0v) is 22.8. The van der Waals surface area contributed by atoms with Crippen molar-refractivity contribution in [1.82, 2.24) is 9.66 Å². The highest BCUT2D eigenvalue weighted by Crippen LogP contribution is 2.36. The molecule has 0 aliphatic heterocycles. The molecule has 5 aromatic rings. The van der Waals surface area contributed by atoms with Crippen LogP contribution in [-0.4, -0.2) is 20.8 Å². The number of halogens is 2. The fourth-order valence-corrected chi connectivity index (χ4v) is 4.66. The molecule has 0 radical (unpaired) electrons. The van der Waals surface area contributed by atoms with Crippen LogP contribution in [0.25, 0.3) is 22.3 Å². The van der Waals surface area contributed by atoms with E-state index in [-0.39, 0.29) is 23.6 Å². The molecule has 0 fully saturated rings. The molecule has 8 nitrogen and oxygen atoms in total. The van der Waals surface area contributed by atoms with Gasteiger partial charge in [-0.2, -0.15) is 9.78 Å². The second kappa shape index (κ2) is 11.1. The van der Waals surface area contributed by atoms with Gasteiger partial charge in [-0.25, -0.2) is 4.98 Å². The van der Waals surface area contributed by atoms with E-state index in [4.69, 9.17) is 4.74 Å². The Hall–Kier alpha value is -4.15. The van der Waals surface area contributed by atoms with Crippen LogP contribution in [0.4, 0.5) is 5.69 Å². The summed E-state index contributed by atoms with van der Waals surface area (Å²) >= 11 is 6.78. The van der Waals surface area contributed by atoms with Crippen molar-refractivity contribution in [2.24, 2.45) is 5.10 Å². The van der Waals surface area contributed by atoms with Gasteiger partial charge in [0.1, 0.15) is 6.61 Å². The SMILES string of the molecule is O=c1c2ccccc2nc(-c2ccccc2)n1N=Cc1cc(Br)c(OCc2ccc(Br)cc2)c([N+](=O)[O-])c1. The van der Waals surface area contributed by atoms with Gasteiger partial charge in [-0.15, -0.1) is 0 Å². The zero-order valence-electron chi connectivity index (χ0n) is 19.6. The first-order valence-corrected chi connectivity index (χ1v) is 13.0. The predicted molar refractivity (Wildman–Crippen MR) is 154 cm³/mol. The lowest BCUT2D eigenvalue weighted by Gasteiger charge is -2.11. The summed E-state index contributed by atoms with van der Waals surface area (Å²) in [5, 5.41) is 16.7. The van der Waals surface area contributed by atoms with E-state index in [0.29, 0.717) is 32.3 Å². The summed E-state index contributed by atoms with van der Waals surface area (Å²) in [7, 11) is 0. The summed E-state index contributed by atoms with van der Waals surface area (Å²) in [6, 6.07) is 26.7.